The van der Waals surface area contributed by atoms with Gasteiger partial charge in [0.15, 0.2) is 17.6 Å². The number of hydrogen-bond donors (Lipinski definition) is 2. The van der Waals surface area contributed by atoms with Crippen molar-refractivity contribution in [3.05, 3.63) is 74.4 Å². The van der Waals surface area contributed by atoms with Crippen LogP contribution in [0.25, 0.3) is 20.7 Å². The molecule has 1 fully saturated rings. The second-order valence-electron chi connectivity index (χ2n) is 9.19. The van der Waals surface area contributed by atoms with Crippen molar-refractivity contribution in [1.82, 2.24) is 9.55 Å². The first-order valence-electron chi connectivity index (χ1n) is 12.0. The molecule has 4 aromatic rings. The summed E-state index contributed by atoms with van der Waals surface area (Å²) in [6.07, 6.45) is -12.2. The molecule has 0 spiro atoms. The third-order valence-electron chi connectivity index (χ3n) is 6.41. The Hall–Kier alpha value is -3.82. The first-order chi connectivity index (χ1) is 19.2. The van der Waals surface area contributed by atoms with Crippen LogP contribution in [-0.4, -0.2) is 39.9 Å². The highest BCUT2D eigenvalue weighted by molar-refractivity contribution is 7.22. The van der Waals surface area contributed by atoms with E-state index < -0.39 is 42.2 Å². The van der Waals surface area contributed by atoms with Crippen molar-refractivity contribution in [2.45, 2.75) is 44.6 Å². The van der Waals surface area contributed by atoms with E-state index in [-0.39, 0.29) is 43.8 Å². The highest BCUT2D eigenvalue weighted by Crippen LogP contribution is 2.43. The van der Waals surface area contributed by atoms with Gasteiger partial charge >= 0.3 is 18.2 Å². The molecule has 0 saturated carbocycles. The van der Waals surface area contributed by atoms with Crippen LogP contribution in [0.4, 0.5) is 26.3 Å². The van der Waals surface area contributed by atoms with Gasteiger partial charge in [-0.25, -0.2) is 4.79 Å². The minimum atomic E-state index is -5.09. The van der Waals surface area contributed by atoms with E-state index >= 15 is 0 Å². The molecule has 1 unspecified atom stereocenters. The lowest BCUT2D eigenvalue weighted by Gasteiger charge is -2.26. The lowest BCUT2D eigenvalue weighted by atomic mass is 10.0. The van der Waals surface area contributed by atoms with Gasteiger partial charge in [-0.3, -0.25) is 14.3 Å². The van der Waals surface area contributed by atoms with E-state index in [4.69, 9.17) is 9.47 Å². The first-order valence-corrected chi connectivity index (χ1v) is 12.8. The number of fused-ring (bicyclic) bond motifs is 1. The van der Waals surface area contributed by atoms with Crippen LogP contribution < -0.4 is 20.7 Å². The molecule has 8 nitrogen and oxygen atoms in total. The number of aliphatic hydroxyl groups excluding tert-OH is 1. The first kappa shape index (κ1) is 28.7. The molecule has 1 aliphatic heterocycles. The molecule has 2 N–H and O–H groups in total. The van der Waals surface area contributed by atoms with Crippen molar-refractivity contribution >= 4 is 21.6 Å². The number of aromatic amines is 1. The number of hydrogen-bond acceptors (Lipinski definition) is 7. The van der Waals surface area contributed by atoms with Crippen LogP contribution in [-0.2, 0) is 11.3 Å². The third-order valence-corrected chi connectivity index (χ3v) is 7.77. The Bertz CT molecular complexity index is 1700. The maximum atomic E-state index is 13.3. The quantitative estimate of drug-likeness (QED) is 0.259. The normalized spacial score (nSPS) is 16.4. The number of aliphatic hydroxyl groups is 1. The van der Waals surface area contributed by atoms with Gasteiger partial charge in [0, 0.05) is 11.3 Å². The van der Waals surface area contributed by atoms with Crippen molar-refractivity contribution in [3.8, 4) is 27.7 Å². The standard InChI is InChI=1S/C26H20F6N2O6S/c1-12-20-22(36)33-24(37)34(11-19(35)25(27,28)29)23(20)41-21(12)14-4-7-17(18(10-14)40-26(30,31)32)39-15-5-2-13(3-6-15)16-8-9-38-16/h2-7,10,16,19,35H,8-9,11H2,1H3,(H,33,36,37)/t16?,19-/m1/s1. The maximum Gasteiger partial charge on any atom is 0.573 e. The number of rotatable bonds is 7. The largest absolute Gasteiger partial charge is 0.573 e. The smallest absolute Gasteiger partial charge is 0.453 e. The Kier molecular flexibility index (Phi) is 7.38. The van der Waals surface area contributed by atoms with E-state index in [1.807, 2.05) is 4.98 Å². The minimum absolute atomic E-state index is 0.0441. The van der Waals surface area contributed by atoms with Gasteiger partial charge in [-0.15, -0.1) is 24.5 Å². The monoisotopic (exact) mass is 602 g/mol. The van der Waals surface area contributed by atoms with Gasteiger partial charge in [-0.2, -0.15) is 13.2 Å². The van der Waals surface area contributed by atoms with E-state index in [1.165, 1.54) is 19.1 Å². The highest BCUT2D eigenvalue weighted by Gasteiger charge is 2.39. The van der Waals surface area contributed by atoms with E-state index in [2.05, 4.69) is 4.74 Å². The third kappa shape index (κ3) is 5.96. The van der Waals surface area contributed by atoms with E-state index in [1.54, 1.807) is 24.3 Å². The molecular formula is C26H20F6N2O6S. The van der Waals surface area contributed by atoms with Gasteiger partial charge in [-0.05, 0) is 53.9 Å². The Morgan fingerprint density at radius 3 is 2.37 bits per heavy atom. The Morgan fingerprint density at radius 2 is 1.78 bits per heavy atom. The van der Waals surface area contributed by atoms with Gasteiger partial charge in [0.25, 0.3) is 5.56 Å². The second kappa shape index (κ2) is 10.5. The number of nitrogens with one attached hydrogen (secondary N) is 1. The molecule has 5 rings (SSSR count). The summed E-state index contributed by atoms with van der Waals surface area (Å²) in [6, 6.07) is 10.2. The summed E-state index contributed by atoms with van der Waals surface area (Å²) in [5, 5.41) is 9.38. The molecular weight excluding hydrogens is 582 g/mol. The number of alkyl halides is 6. The lowest BCUT2D eigenvalue weighted by molar-refractivity contribution is -0.275. The van der Waals surface area contributed by atoms with Crippen LogP contribution in [0.5, 0.6) is 17.2 Å². The average Bonchev–Trinajstić information content (AvgIpc) is 3.18. The van der Waals surface area contributed by atoms with Gasteiger partial charge in [0.2, 0.25) is 0 Å². The van der Waals surface area contributed by atoms with Crippen LogP contribution in [0, 0.1) is 6.92 Å². The Labute approximate surface area is 230 Å². The predicted octanol–water partition coefficient (Wildman–Crippen LogP) is 5.80. The van der Waals surface area contributed by atoms with Gasteiger partial charge in [0.1, 0.15) is 10.6 Å². The summed E-state index contributed by atoms with van der Waals surface area (Å²) in [5.74, 6) is -0.762. The zero-order valence-electron chi connectivity index (χ0n) is 20.9. The van der Waals surface area contributed by atoms with Crippen LogP contribution in [0.15, 0.2) is 52.1 Å². The topological polar surface area (TPSA) is 103 Å². The molecule has 218 valence electrons. The van der Waals surface area contributed by atoms with Crippen molar-refractivity contribution < 1.29 is 45.7 Å². The Balaban J connectivity index is 1.55. The molecule has 2 aromatic heterocycles. The van der Waals surface area contributed by atoms with E-state index in [9.17, 15) is 41.0 Å². The van der Waals surface area contributed by atoms with Crippen LogP contribution in [0.3, 0.4) is 0 Å². The van der Waals surface area contributed by atoms with Crippen molar-refractivity contribution in [3.63, 3.8) is 0 Å². The number of thiophene rings is 1. The molecule has 0 radical (unpaired) electrons. The summed E-state index contributed by atoms with van der Waals surface area (Å²) in [7, 11) is 0. The lowest BCUT2D eigenvalue weighted by Crippen LogP contribution is -2.38. The number of benzene rings is 2. The summed E-state index contributed by atoms with van der Waals surface area (Å²) >= 11 is 0.708. The number of H-pyrrole nitrogens is 1. The van der Waals surface area contributed by atoms with Gasteiger partial charge in [0.05, 0.1) is 24.6 Å². The zero-order chi connectivity index (χ0) is 29.7. The van der Waals surface area contributed by atoms with Crippen LogP contribution in [0.2, 0.25) is 0 Å². The Morgan fingerprint density at radius 1 is 1.10 bits per heavy atom. The molecule has 3 heterocycles. The van der Waals surface area contributed by atoms with Crippen molar-refractivity contribution in [2.75, 3.05) is 6.61 Å². The molecule has 0 aliphatic carbocycles. The summed E-state index contributed by atoms with van der Waals surface area (Å²) < 4.78 is 94.7. The molecule has 2 aromatic carbocycles. The summed E-state index contributed by atoms with van der Waals surface area (Å²) in [5.41, 5.74) is -0.879. The molecule has 41 heavy (non-hydrogen) atoms. The fourth-order valence-electron chi connectivity index (χ4n) is 4.31. The van der Waals surface area contributed by atoms with Crippen LogP contribution >= 0.6 is 11.3 Å². The number of aryl methyl sites for hydroxylation is 1. The van der Waals surface area contributed by atoms with Crippen LogP contribution in [0.1, 0.15) is 23.7 Å². The number of ether oxygens (including phenoxy) is 3. The number of halogens is 6. The van der Waals surface area contributed by atoms with E-state index in [0.717, 1.165) is 18.1 Å². The van der Waals surface area contributed by atoms with Crippen molar-refractivity contribution in [2.24, 2.45) is 0 Å². The zero-order valence-corrected chi connectivity index (χ0v) is 21.7. The summed E-state index contributed by atoms with van der Waals surface area (Å²) in [6.45, 7) is 0.880. The maximum absolute atomic E-state index is 13.3. The molecule has 15 heteroatoms. The molecule has 0 bridgehead atoms. The van der Waals surface area contributed by atoms with E-state index in [0.29, 0.717) is 22.5 Å². The SMILES string of the molecule is Cc1c(-c2ccc(Oc3ccc(C4CCO4)cc3)c(OC(F)(F)F)c2)sc2c1c(=O)[nH]c(=O)n2C[C@@H](O)C(F)(F)F. The molecule has 1 saturated heterocycles. The number of nitrogens with zero attached hydrogens (tertiary/aromatic N) is 1. The minimum Gasteiger partial charge on any atom is -0.453 e. The van der Waals surface area contributed by atoms with Gasteiger partial charge in [-0.1, -0.05) is 12.1 Å². The molecule has 2 atom stereocenters. The van der Waals surface area contributed by atoms with Gasteiger partial charge < -0.3 is 19.3 Å². The highest BCUT2D eigenvalue weighted by atomic mass is 32.1. The number of aromatic nitrogens is 2. The van der Waals surface area contributed by atoms with Crippen molar-refractivity contribution in [1.29, 1.82) is 0 Å². The fraction of sp³-hybridized carbons (Fsp3) is 0.308. The molecule has 0 amide bonds. The summed E-state index contributed by atoms with van der Waals surface area (Å²) in [4.78, 5) is 26.8. The predicted molar refractivity (Wildman–Crippen MR) is 135 cm³/mol. The average molecular weight is 603 g/mol. The fourth-order valence-corrected chi connectivity index (χ4v) is 5.62. The second-order valence-corrected chi connectivity index (χ2v) is 10.2. The molecule has 1 aliphatic rings.